The Morgan fingerprint density at radius 3 is 2.26 bits per heavy atom. The summed E-state index contributed by atoms with van der Waals surface area (Å²) in [4.78, 5) is 22.4. The van der Waals surface area contributed by atoms with Gasteiger partial charge in [-0.3, -0.25) is 9.52 Å². The second-order valence-corrected chi connectivity index (χ2v) is 14.4. The lowest BCUT2D eigenvalue weighted by atomic mass is 9.70. The van der Waals surface area contributed by atoms with E-state index < -0.39 is 49.3 Å². The van der Waals surface area contributed by atoms with E-state index in [0.717, 1.165) is 12.3 Å². The number of Topliss-reactive ketones (excluding diaryl/α,β-unsaturated/α-hetero) is 1. The molecule has 17 heteroatoms. The summed E-state index contributed by atoms with van der Waals surface area (Å²) in [5, 5.41) is 21.0. The number of hydrogen-bond donors (Lipinski definition) is 5. The van der Waals surface area contributed by atoms with Crippen LogP contribution in [0.1, 0.15) is 44.7 Å². The maximum Gasteiger partial charge on any atom is 0.490 e. The first kappa shape index (κ1) is 33.5. The van der Waals surface area contributed by atoms with Crippen LogP contribution < -0.4 is 15.8 Å². The maximum atomic E-state index is 13.8. The van der Waals surface area contributed by atoms with Crippen LogP contribution >= 0.6 is 0 Å². The number of nitrogens with zero attached hydrogens (tertiary/aromatic N) is 1. The van der Waals surface area contributed by atoms with Gasteiger partial charge in [0, 0.05) is 11.3 Å². The third kappa shape index (κ3) is 7.52. The number of sulfonamides is 2. The molecule has 234 valence electrons. The normalized spacial score (nSPS) is 19.6. The van der Waals surface area contributed by atoms with Crippen LogP contribution in [0, 0.1) is 5.41 Å². The summed E-state index contributed by atoms with van der Waals surface area (Å²) in [5.41, 5.74) is 5.65. The SMILES string of the molecule is CC(C)(C)CC[C@@]1(N)C(=O)C(C2=NS(=O)(=O)c3cc(NS(C)(=O)=O)ccc3N2)=C(O)c2ccccc21.O=C(O)C(F)(F)F. The summed E-state index contributed by atoms with van der Waals surface area (Å²) < 4.78 is 87.0. The highest BCUT2D eigenvalue weighted by atomic mass is 32.2. The number of aliphatic hydroxyl groups is 1. The summed E-state index contributed by atoms with van der Waals surface area (Å²) in [6.45, 7) is 6.06. The molecule has 0 saturated carbocycles. The molecular formula is C26H29F3N4O8S2. The Morgan fingerprint density at radius 1 is 1.14 bits per heavy atom. The maximum absolute atomic E-state index is 13.8. The number of nitrogens with two attached hydrogens (primary N) is 1. The van der Waals surface area contributed by atoms with Crippen LogP contribution in [0.15, 0.2) is 57.3 Å². The molecule has 2 aliphatic rings. The second kappa shape index (κ2) is 11.3. The summed E-state index contributed by atoms with van der Waals surface area (Å²) >= 11 is 0. The van der Waals surface area contributed by atoms with E-state index in [4.69, 9.17) is 15.6 Å². The van der Waals surface area contributed by atoms with Gasteiger partial charge in [-0.25, -0.2) is 13.2 Å². The molecule has 1 aliphatic heterocycles. The van der Waals surface area contributed by atoms with E-state index >= 15 is 0 Å². The van der Waals surface area contributed by atoms with Gasteiger partial charge >= 0.3 is 12.1 Å². The van der Waals surface area contributed by atoms with Crippen molar-refractivity contribution >= 4 is 54.8 Å². The molecule has 12 nitrogen and oxygen atoms in total. The molecule has 0 amide bonds. The van der Waals surface area contributed by atoms with Gasteiger partial charge in [-0.05, 0) is 42.0 Å². The minimum absolute atomic E-state index is 0.0353. The highest BCUT2D eigenvalue weighted by Gasteiger charge is 2.47. The van der Waals surface area contributed by atoms with E-state index in [0.29, 0.717) is 17.5 Å². The molecule has 2 aromatic rings. The first-order valence-corrected chi connectivity index (χ1v) is 15.7. The molecule has 0 bridgehead atoms. The molecule has 4 rings (SSSR count). The van der Waals surface area contributed by atoms with Crippen LogP contribution in [0.5, 0.6) is 0 Å². The average Bonchev–Trinajstić information content (AvgIpc) is 2.85. The van der Waals surface area contributed by atoms with Crippen molar-refractivity contribution in [3.8, 4) is 0 Å². The number of halogens is 3. The Labute approximate surface area is 245 Å². The Morgan fingerprint density at radius 2 is 1.72 bits per heavy atom. The van der Waals surface area contributed by atoms with Crippen LogP contribution in [0.4, 0.5) is 24.5 Å². The van der Waals surface area contributed by atoms with E-state index in [9.17, 15) is 39.9 Å². The van der Waals surface area contributed by atoms with E-state index in [1.54, 1.807) is 24.3 Å². The van der Waals surface area contributed by atoms with Gasteiger partial charge in [-0.15, -0.1) is 4.40 Å². The number of alkyl halides is 3. The molecule has 1 heterocycles. The fourth-order valence-electron chi connectivity index (χ4n) is 4.25. The van der Waals surface area contributed by atoms with Crippen LogP contribution in [0.25, 0.3) is 5.76 Å². The predicted molar refractivity (Wildman–Crippen MR) is 152 cm³/mol. The van der Waals surface area contributed by atoms with E-state index in [2.05, 4.69) is 14.4 Å². The Balaban J connectivity index is 0.000000646. The van der Waals surface area contributed by atoms with Gasteiger partial charge in [0.25, 0.3) is 10.0 Å². The molecule has 0 radical (unpaired) electrons. The molecule has 1 atom stereocenters. The summed E-state index contributed by atoms with van der Waals surface area (Å²) in [6, 6.07) is 10.6. The van der Waals surface area contributed by atoms with Gasteiger partial charge in [0.15, 0.2) is 11.6 Å². The van der Waals surface area contributed by atoms with Crippen LogP contribution in [-0.4, -0.2) is 57.1 Å². The van der Waals surface area contributed by atoms with Crippen molar-refractivity contribution in [3.63, 3.8) is 0 Å². The highest BCUT2D eigenvalue weighted by Crippen LogP contribution is 2.42. The second-order valence-electron chi connectivity index (χ2n) is 11.1. The van der Waals surface area contributed by atoms with Crippen molar-refractivity contribution in [2.24, 2.45) is 15.5 Å². The average molecular weight is 647 g/mol. The van der Waals surface area contributed by atoms with Gasteiger partial charge in [0.05, 0.1) is 11.9 Å². The number of hydrogen-bond acceptors (Lipinski definition) is 9. The van der Waals surface area contributed by atoms with Crippen molar-refractivity contribution in [2.45, 2.75) is 50.2 Å². The number of carboxylic acid groups (broad SMARTS) is 1. The fraction of sp³-hybridized carbons (Fsp3) is 0.346. The van der Waals surface area contributed by atoms with Crippen LogP contribution in [0.3, 0.4) is 0 Å². The quantitative estimate of drug-likeness (QED) is 0.318. The number of carboxylic acids is 1. The third-order valence-corrected chi connectivity index (χ3v) is 8.23. The fourth-order valence-corrected chi connectivity index (χ4v) is 5.95. The monoisotopic (exact) mass is 646 g/mol. The minimum atomic E-state index is -5.08. The zero-order valence-electron chi connectivity index (χ0n) is 23.3. The van der Waals surface area contributed by atoms with Crippen molar-refractivity contribution in [2.75, 3.05) is 16.3 Å². The van der Waals surface area contributed by atoms with Gasteiger partial charge in [0.2, 0.25) is 10.0 Å². The number of nitrogens with one attached hydrogen (secondary N) is 2. The summed E-state index contributed by atoms with van der Waals surface area (Å²) in [5.74, 6) is -4.18. The minimum Gasteiger partial charge on any atom is -0.506 e. The lowest BCUT2D eigenvalue weighted by Gasteiger charge is -2.37. The lowest BCUT2D eigenvalue weighted by Crippen LogP contribution is -2.51. The molecule has 0 fully saturated rings. The number of carbonyl (C=O) groups is 2. The number of aliphatic hydroxyl groups excluding tert-OH is 1. The van der Waals surface area contributed by atoms with Crippen molar-refractivity contribution < 1.29 is 49.8 Å². The van der Waals surface area contributed by atoms with E-state index in [1.807, 2.05) is 20.8 Å². The number of anilines is 2. The molecular weight excluding hydrogens is 617 g/mol. The van der Waals surface area contributed by atoms with Crippen molar-refractivity contribution in [1.82, 2.24) is 0 Å². The van der Waals surface area contributed by atoms with E-state index in [1.165, 1.54) is 12.1 Å². The predicted octanol–water partition coefficient (Wildman–Crippen LogP) is 3.74. The van der Waals surface area contributed by atoms with Gasteiger partial charge in [-0.1, -0.05) is 45.0 Å². The Kier molecular flexibility index (Phi) is 8.79. The summed E-state index contributed by atoms with van der Waals surface area (Å²) in [6.07, 6.45) is -3.29. The van der Waals surface area contributed by atoms with Crippen molar-refractivity contribution in [1.29, 1.82) is 0 Å². The number of aliphatic carboxylic acids is 1. The largest absolute Gasteiger partial charge is 0.506 e. The molecule has 0 spiro atoms. The first-order chi connectivity index (χ1) is 19.5. The van der Waals surface area contributed by atoms with Crippen molar-refractivity contribution in [3.05, 3.63) is 59.2 Å². The number of benzene rings is 2. The molecule has 0 unspecified atom stereocenters. The van der Waals surface area contributed by atoms with Gasteiger partial charge in [-0.2, -0.15) is 21.6 Å². The van der Waals surface area contributed by atoms with Crippen LogP contribution in [0.2, 0.25) is 0 Å². The third-order valence-electron chi connectivity index (χ3n) is 6.31. The molecule has 1 aliphatic carbocycles. The Hall–Kier alpha value is -3.96. The number of rotatable bonds is 5. The van der Waals surface area contributed by atoms with Gasteiger partial charge in [0.1, 0.15) is 21.8 Å². The van der Waals surface area contributed by atoms with E-state index in [-0.39, 0.29) is 39.5 Å². The lowest BCUT2D eigenvalue weighted by molar-refractivity contribution is -0.192. The number of fused-ring (bicyclic) bond motifs is 2. The first-order valence-electron chi connectivity index (χ1n) is 12.4. The zero-order valence-corrected chi connectivity index (χ0v) is 24.9. The number of amidine groups is 1. The molecule has 43 heavy (non-hydrogen) atoms. The van der Waals surface area contributed by atoms with Crippen LogP contribution in [-0.2, 0) is 35.2 Å². The number of ketones is 1. The number of carbonyl (C=O) groups excluding carboxylic acids is 1. The smallest absolute Gasteiger partial charge is 0.490 e. The topological polar surface area (TPSA) is 205 Å². The molecule has 0 saturated heterocycles. The standard InChI is InChI=1S/C24H28N4O6S2.C2HF3O2/c1-23(2,3)11-12-24(25)16-8-6-5-7-15(16)20(29)19(21(24)30)22-26-17-10-9-14(27-35(4,31)32)13-18(17)36(33,34)28-22;3-2(4,5)1(6)7/h5-10,13,27,29H,11-12,25H2,1-4H3,(H,26,28);(H,6,7)/t24-;/m0./s1. The highest BCUT2D eigenvalue weighted by molar-refractivity contribution is 7.92. The Bertz CT molecular complexity index is 1760. The zero-order chi connectivity index (χ0) is 32.8. The summed E-state index contributed by atoms with van der Waals surface area (Å²) in [7, 11) is -8.00. The molecule has 0 aromatic heterocycles. The van der Waals surface area contributed by atoms with Gasteiger partial charge < -0.3 is 21.3 Å². The molecule has 6 N–H and O–H groups in total. The molecule has 2 aromatic carbocycles.